The van der Waals surface area contributed by atoms with Crippen LogP contribution in [0.25, 0.3) is 6.08 Å². The van der Waals surface area contributed by atoms with Gasteiger partial charge in [0.15, 0.2) is 5.76 Å². The van der Waals surface area contributed by atoms with Gasteiger partial charge in [0, 0.05) is 29.3 Å². The lowest BCUT2D eigenvalue weighted by Gasteiger charge is -2.30. The lowest BCUT2D eigenvalue weighted by atomic mass is 10.00. The fourth-order valence-electron chi connectivity index (χ4n) is 3.97. The average molecular weight is 377 g/mol. The molecular formula is C23H23NO4. The molecule has 0 unspecified atom stereocenters. The molecule has 2 heterocycles. The summed E-state index contributed by atoms with van der Waals surface area (Å²) in [7, 11) is 0. The molecule has 1 saturated carbocycles. The van der Waals surface area contributed by atoms with Crippen molar-refractivity contribution in [2.45, 2.75) is 39.3 Å². The number of nitrogens with zero attached hydrogens (tertiary/aromatic N) is 1. The highest BCUT2D eigenvalue weighted by Crippen LogP contribution is 2.44. The molecule has 0 atom stereocenters. The van der Waals surface area contributed by atoms with Gasteiger partial charge in [0.25, 0.3) is 0 Å². The van der Waals surface area contributed by atoms with Crippen LogP contribution < -0.4 is 14.2 Å². The first kappa shape index (κ1) is 17.3. The van der Waals surface area contributed by atoms with Gasteiger partial charge in [-0.05, 0) is 44.9 Å². The molecule has 0 spiro atoms. The van der Waals surface area contributed by atoms with Gasteiger partial charge in [-0.3, -0.25) is 9.69 Å². The van der Waals surface area contributed by atoms with Crippen LogP contribution in [-0.4, -0.2) is 30.1 Å². The second kappa shape index (κ2) is 6.67. The van der Waals surface area contributed by atoms with Crippen LogP contribution in [0.5, 0.6) is 17.2 Å². The normalized spacial score (nSPS) is 19.8. The maximum Gasteiger partial charge on any atom is 0.231 e. The molecule has 3 aliphatic rings. The zero-order chi connectivity index (χ0) is 19.3. The first-order chi connectivity index (χ1) is 13.7. The molecule has 5 rings (SSSR count). The molecule has 2 aliphatic heterocycles. The number of ether oxygens (including phenoxy) is 3. The Morgan fingerprint density at radius 2 is 2.07 bits per heavy atom. The molecule has 0 saturated heterocycles. The first-order valence-corrected chi connectivity index (χ1v) is 9.85. The lowest BCUT2D eigenvalue weighted by Crippen LogP contribution is -2.34. The van der Waals surface area contributed by atoms with Gasteiger partial charge in [0.2, 0.25) is 5.78 Å². The third-order valence-electron chi connectivity index (χ3n) is 5.53. The van der Waals surface area contributed by atoms with Crippen molar-refractivity contribution >= 4 is 11.9 Å². The Hall–Kier alpha value is -2.79. The summed E-state index contributed by atoms with van der Waals surface area (Å²) < 4.78 is 17.7. The van der Waals surface area contributed by atoms with Gasteiger partial charge in [-0.15, -0.1) is 0 Å². The maximum absolute atomic E-state index is 13.0. The third-order valence-corrected chi connectivity index (χ3v) is 5.53. The first-order valence-electron chi connectivity index (χ1n) is 9.85. The Morgan fingerprint density at radius 1 is 1.25 bits per heavy atom. The molecule has 0 bridgehead atoms. The largest absolute Gasteiger partial charge is 0.493 e. The van der Waals surface area contributed by atoms with Crippen LogP contribution in [0.15, 0.2) is 36.1 Å². The molecule has 0 N–H and O–H groups in total. The van der Waals surface area contributed by atoms with E-state index in [1.54, 1.807) is 6.08 Å². The van der Waals surface area contributed by atoms with Crippen LogP contribution in [-0.2, 0) is 6.54 Å². The Labute approximate surface area is 164 Å². The second-order valence-corrected chi connectivity index (χ2v) is 7.53. The van der Waals surface area contributed by atoms with E-state index in [9.17, 15) is 4.79 Å². The summed E-state index contributed by atoms with van der Waals surface area (Å²) in [5.74, 6) is 2.45. The molecule has 0 amide bonds. The van der Waals surface area contributed by atoms with Crippen LogP contribution in [0.2, 0.25) is 0 Å². The summed E-state index contributed by atoms with van der Waals surface area (Å²) in [5, 5.41) is 0. The monoisotopic (exact) mass is 377 g/mol. The van der Waals surface area contributed by atoms with Crippen molar-refractivity contribution in [3.05, 3.63) is 58.3 Å². The molecule has 28 heavy (non-hydrogen) atoms. The van der Waals surface area contributed by atoms with Crippen LogP contribution in [0, 0.1) is 6.92 Å². The van der Waals surface area contributed by atoms with Gasteiger partial charge >= 0.3 is 0 Å². The zero-order valence-electron chi connectivity index (χ0n) is 16.2. The van der Waals surface area contributed by atoms with E-state index in [0.29, 0.717) is 36.5 Å². The van der Waals surface area contributed by atoms with Gasteiger partial charge in [0.1, 0.15) is 24.0 Å². The van der Waals surface area contributed by atoms with Crippen molar-refractivity contribution in [2.24, 2.45) is 0 Å². The van der Waals surface area contributed by atoms with Gasteiger partial charge in [0.05, 0.1) is 12.2 Å². The van der Waals surface area contributed by atoms with Crippen molar-refractivity contribution in [3.8, 4) is 17.2 Å². The van der Waals surface area contributed by atoms with Crippen molar-refractivity contribution in [2.75, 3.05) is 13.3 Å². The van der Waals surface area contributed by atoms with E-state index >= 15 is 0 Å². The second-order valence-electron chi connectivity index (χ2n) is 7.53. The Balaban J connectivity index is 1.50. The van der Waals surface area contributed by atoms with E-state index in [1.165, 1.54) is 12.8 Å². The van der Waals surface area contributed by atoms with Crippen LogP contribution >= 0.6 is 0 Å². The molecule has 5 nitrogen and oxygen atoms in total. The molecule has 5 heteroatoms. The van der Waals surface area contributed by atoms with E-state index in [0.717, 1.165) is 34.7 Å². The highest BCUT2D eigenvalue weighted by Gasteiger charge is 2.36. The highest BCUT2D eigenvalue weighted by molar-refractivity contribution is 6.15. The molecule has 2 aromatic carbocycles. The smallest absolute Gasteiger partial charge is 0.231 e. The van der Waals surface area contributed by atoms with E-state index in [-0.39, 0.29) is 5.78 Å². The highest BCUT2D eigenvalue weighted by atomic mass is 16.5. The van der Waals surface area contributed by atoms with Crippen molar-refractivity contribution in [1.29, 1.82) is 0 Å². The topological polar surface area (TPSA) is 48.0 Å². The van der Waals surface area contributed by atoms with E-state index in [1.807, 2.05) is 44.2 Å². The predicted octanol–water partition coefficient (Wildman–Crippen LogP) is 4.32. The number of rotatable bonds is 4. The number of allylic oxidation sites excluding steroid dienone is 1. The summed E-state index contributed by atoms with van der Waals surface area (Å²) in [6.07, 6.45) is 4.23. The molecular weight excluding hydrogens is 354 g/mol. The van der Waals surface area contributed by atoms with Gasteiger partial charge in [-0.1, -0.05) is 18.2 Å². The average Bonchev–Trinajstić information content (AvgIpc) is 3.51. The van der Waals surface area contributed by atoms with E-state index in [4.69, 9.17) is 14.2 Å². The molecule has 144 valence electrons. The molecule has 1 fully saturated rings. The third kappa shape index (κ3) is 2.87. The fourth-order valence-corrected chi connectivity index (χ4v) is 3.97. The fraction of sp³-hybridized carbons (Fsp3) is 0.348. The quantitative estimate of drug-likeness (QED) is 0.743. The van der Waals surface area contributed by atoms with Crippen molar-refractivity contribution in [3.63, 3.8) is 0 Å². The minimum atomic E-state index is -0.0873. The number of carbonyl (C=O) groups is 1. The molecule has 1 aliphatic carbocycles. The lowest BCUT2D eigenvalue weighted by molar-refractivity contribution is 0.0872. The standard InChI is InChI=1S/C23H23NO4/c1-3-26-19-7-5-4-6-15(19)11-20-21(25)18-10-16-12-24(17-8-9-17)13-27-22(16)14(2)23(18)28-20/h4-7,10-11,17H,3,8-9,12-13H2,1-2H3/b20-11-. The van der Waals surface area contributed by atoms with Gasteiger partial charge < -0.3 is 14.2 Å². The Kier molecular flexibility index (Phi) is 4.13. The Bertz CT molecular complexity index is 990. The summed E-state index contributed by atoms with van der Waals surface area (Å²) in [6, 6.07) is 10.2. The number of carbonyl (C=O) groups excluding carboxylic acids is 1. The molecule has 0 aromatic heterocycles. The number of benzene rings is 2. The molecule has 0 radical (unpaired) electrons. The number of ketones is 1. The predicted molar refractivity (Wildman–Crippen MR) is 106 cm³/mol. The molecule has 2 aromatic rings. The number of Topliss-reactive ketones (excluding diaryl/α,β-unsaturated/α-hetero) is 1. The Morgan fingerprint density at radius 3 is 2.86 bits per heavy atom. The number of para-hydroxylation sites is 1. The number of hydrogen-bond donors (Lipinski definition) is 0. The summed E-state index contributed by atoms with van der Waals surface area (Å²) in [4.78, 5) is 15.4. The zero-order valence-corrected chi connectivity index (χ0v) is 16.2. The van der Waals surface area contributed by atoms with Crippen molar-refractivity contribution in [1.82, 2.24) is 4.90 Å². The SMILES string of the molecule is CCOc1ccccc1/C=C1\Oc2c(cc3c(c2C)OCN(C2CC2)C3)C1=O. The van der Waals surface area contributed by atoms with Crippen LogP contribution in [0.1, 0.15) is 46.8 Å². The number of hydrogen-bond acceptors (Lipinski definition) is 5. The van der Waals surface area contributed by atoms with Crippen LogP contribution in [0.3, 0.4) is 0 Å². The van der Waals surface area contributed by atoms with Gasteiger partial charge in [-0.2, -0.15) is 0 Å². The summed E-state index contributed by atoms with van der Waals surface area (Å²) >= 11 is 0. The maximum atomic E-state index is 13.0. The summed E-state index contributed by atoms with van der Waals surface area (Å²) in [5.41, 5.74) is 3.43. The minimum absolute atomic E-state index is 0.0873. The van der Waals surface area contributed by atoms with Crippen LogP contribution in [0.4, 0.5) is 0 Å². The summed E-state index contributed by atoms with van der Waals surface area (Å²) in [6.45, 7) is 5.91. The van der Waals surface area contributed by atoms with Crippen molar-refractivity contribution < 1.29 is 19.0 Å². The number of fused-ring (bicyclic) bond motifs is 2. The van der Waals surface area contributed by atoms with Gasteiger partial charge in [-0.25, -0.2) is 0 Å². The minimum Gasteiger partial charge on any atom is -0.493 e. The van der Waals surface area contributed by atoms with E-state index < -0.39 is 0 Å². The van der Waals surface area contributed by atoms with E-state index in [2.05, 4.69) is 4.90 Å².